The second kappa shape index (κ2) is 6.98. The minimum atomic E-state index is -0.394. The number of nitrogens with two attached hydrogens (primary N) is 1. The number of hydrogen-bond donors (Lipinski definition) is 1. The van der Waals surface area contributed by atoms with E-state index >= 15 is 0 Å². The molecule has 4 nitrogen and oxygen atoms in total. The van der Waals surface area contributed by atoms with E-state index in [2.05, 4.69) is 0 Å². The number of piperidine rings is 1. The van der Waals surface area contributed by atoms with Gasteiger partial charge in [0.15, 0.2) is 0 Å². The van der Waals surface area contributed by atoms with Crippen molar-refractivity contribution in [3.63, 3.8) is 0 Å². The number of hydrogen-bond acceptors (Lipinski definition) is 3. The monoisotopic (exact) mass is 256 g/mol. The number of likely N-dealkylation sites (tertiary alicyclic amines) is 1. The number of rotatable bonds is 4. The van der Waals surface area contributed by atoms with Gasteiger partial charge in [-0.2, -0.15) is 0 Å². The lowest BCUT2D eigenvalue weighted by molar-refractivity contribution is 0.0180. The highest BCUT2D eigenvalue weighted by molar-refractivity contribution is 5.68. The Morgan fingerprint density at radius 3 is 2.39 bits per heavy atom. The Labute approximate surface area is 111 Å². The Bertz CT molecular complexity index is 253. The summed E-state index contributed by atoms with van der Waals surface area (Å²) < 4.78 is 5.38. The molecule has 0 atom stereocenters. The first kappa shape index (κ1) is 15.3. The fraction of sp³-hybridized carbons (Fsp3) is 0.929. The van der Waals surface area contributed by atoms with E-state index in [1.165, 1.54) is 12.8 Å². The van der Waals surface area contributed by atoms with Crippen LogP contribution >= 0.6 is 0 Å². The molecule has 0 bridgehead atoms. The topological polar surface area (TPSA) is 55.6 Å². The minimum Gasteiger partial charge on any atom is -0.444 e. The first-order chi connectivity index (χ1) is 8.42. The Kier molecular flexibility index (Phi) is 5.93. The third-order valence-electron chi connectivity index (χ3n) is 3.33. The number of ether oxygens (including phenoxy) is 1. The standard InChI is InChI=1S/C14H28N2O2/c1-14(2,3)18-13(17)16-10-7-12(8-11-16)6-4-5-9-15/h12H,4-11,15H2,1-3H3. The number of carbonyl (C=O) groups is 1. The van der Waals surface area contributed by atoms with E-state index in [1.54, 1.807) is 0 Å². The third-order valence-corrected chi connectivity index (χ3v) is 3.33. The van der Waals surface area contributed by atoms with Gasteiger partial charge >= 0.3 is 6.09 Å². The second-order valence-electron chi connectivity index (χ2n) is 6.20. The molecule has 0 unspecified atom stereocenters. The van der Waals surface area contributed by atoms with E-state index in [0.717, 1.165) is 44.8 Å². The quantitative estimate of drug-likeness (QED) is 0.787. The van der Waals surface area contributed by atoms with Crippen molar-refractivity contribution in [3.8, 4) is 0 Å². The van der Waals surface area contributed by atoms with Crippen LogP contribution in [0.2, 0.25) is 0 Å². The lowest BCUT2D eigenvalue weighted by atomic mass is 9.92. The predicted octanol–water partition coefficient (Wildman–Crippen LogP) is 2.76. The average molecular weight is 256 g/mol. The molecule has 18 heavy (non-hydrogen) atoms. The lowest BCUT2D eigenvalue weighted by Crippen LogP contribution is -2.41. The van der Waals surface area contributed by atoms with Gasteiger partial charge in [-0.25, -0.2) is 4.79 Å². The van der Waals surface area contributed by atoms with E-state index in [-0.39, 0.29) is 6.09 Å². The summed E-state index contributed by atoms with van der Waals surface area (Å²) in [4.78, 5) is 13.7. The Hall–Kier alpha value is -0.770. The SMILES string of the molecule is CC(C)(C)OC(=O)N1CCC(CCCCN)CC1. The van der Waals surface area contributed by atoms with Crippen molar-refractivity contribution >= 4 is 6.09 Å². The predicted molar refractivity (Wildman–Crippen MR) is 73.4 cm³/mol. The molecule has 2 N–H and O–H groups in total. The summed E-state index contributed by atoms with van der Waals surface area (Å²) in [6, 6.07) is 0. The molecule has 1 aliphatic rings. The van der Waals surface area contributed by atoms with Crippen LogP contribution in [-0.2, 0) is 4.74 Å². The molecule has 4 heteroatoms. The first-order valence-corrected chi connectivity index (χ1v) is 7.10. The van der Waals surface area contributed by atoms with Crippen LogP contribution in [0, 0.1) is 5.92 Å². The maximum absolute atomic E-state index is 11.9. The minimum absolute atomic E-state index is 0.164. The summed E-state index contributed by atoms with van der Waals surface area (Å²) in [6.07, 6.45) is 5.62. The average Bonchev–Trinajstić information content (AvgIpc) is 2.28. The molecule has 1 aliphatic heterocycles. The molecular formula is C14H28N2O2. The van der Waals surface area contributed by atoms with Gasteiger partial charge < -0.3 is 15.4 Å². The van der Waals surface area contributed by atoms with Gasteiger partial charge in [-0.15, -0.1) is 0 Å². The van der Waals surface area contributed by atoms with Crippen LogP contribution in [0.5, 0.6) is 0 Å². The van der Waals surface area contributed by atoms with Crippen LogP contribution in [0.4, 0.5) is 4.79 Å². The summed E-state index contributed by atoms with van der Waals surface area (Å²) >= 11 is 0. The van der Waals surface area contributed by atoms with Crippen molar-refractivity contribution in [2.75, 3.05) is 19.6 Å². The van der Waals surface area contributed by atoms with Crippen LogP contribution in [0.15, 0.2) is 0 Å². The van der Waals surface area contributed by atoms with Gasteiger partial charge in [0.05, 0.1) is 0 Å². The van der Waals surface area contributed by atoms with Crippen LogP contribution in [0.25, 0.3) is 0 Å². The largest absolute Gasteiger partial charge is 0.444 e. The third kappa shape index (κ3) is 5.71. The van der Waals surface area contributed by atoms with Crippen molar-refractivity contribution < 1.29 is 9.53 Å². The maximum Gasteiger partial charge on any atom is 0.410 e. The number of carbonyl (C=O) groups excluding carboxylic acids is 1. The molecular weight excluding hydrogens is 228 g/mol. The molecule has 0 aromatic heterocycles. The summed E-state index contributed by atoms with van der Waals surface area (Å²) in [5.74, 6) is 0.759. The summed E-state index contributed by atoms with van der Waals surface area (Å²) in [5, 5.41) is 0. The molecule has 0 aromatic carbocycles. The Morgan fingerprint density at radius 1 is 1.28 bits per heavy atom. The van der Waals surface area contributed by atoms with Gasteiger partial charge in [0.1, 0.15) is 5.60 Å². The van der Waals surface area contributed by atoms with Crippen LogP contribution < -0.4 is 5.73 Å². The number of unbranched alkanes of at least 4 members (excludes halogenated alkanes) is 1. The summed E-state index contributed by atoms with van der Waals surface area (Å²) in [5.41, 5.74) is 5.10. The molecule has 1 rings (SSSR count). The molecule has 0 aliphatic carbocycles. The number of nitrogens with zero attached hydrogens (tertiary/aromatic N) is 1. The zero-order chi connectivity index (χ0) is 13.6. The second-order valence-corrected chi connectivity index (χ2v) is 6.20. The van der Waals surface area contributed by atoms with Crippen LogP contribution in [0.3, 0.4) is 0 Å². The maximum atomic E-state index is 11.9. The highest BCUT2D eigenvalue weighted by Gasteiger charge is 2.26. The fourth-order valence-electron chi connectivity index (χ4n) is 2.31. The van der Waals surface area contributed by atoms with Gasteiger partial charge in [-0.05, 0) is 52.5 Å². The molecule has 1 fully saturated rings. The van der Waals surface area contributed by atoms with Crippen LogP contribution in [-0.4, -0.2) is 36.2 Å². The van der Waals surface area contributed by atoms with Crippen molar-refractivity contribution in [1.82, 2.24) is 4.90 Å². The zero-order valence-electron chi connectivity index (χ0n) is 12.1. The smallest absolute Gasteiger partial charge is 0.410 e. The Morgan fingerprint density at radius 2 is 1.89 bits per heavy atom. The lowest BCUT2D eigenvalue weighted by Gasteiger charge is -2.33. The van der Waals surface area contributed by atoms with Gasteiger partial charge in [0.25, 0.3) is 0 Å². The molecule has 0 saturated carbocycles. The normalized spacial score (nSPS) is 17.9. The van der Waals surface area contributed by atoms with Crippen molar-refractivity contribution in [1.29, 1.82) is 0 Å². The van der Waals surface area contributed by atoms with E-state index in [9.17, 15) is 4.79 Å². The molecule has 1 amide bonds. The van der Waals surface area contributed by atoms with Gasteiger partial charge in [-0.3, -0.25) is 0 Å². The molecule has 0 aromatic rings. The van der Waals surface area contributed by atoms with E-state index in [1.807, 2.05) is 25.7 Å². The summed E-state index contributed by atoms with van der Waals surface area (Å²) in [7, 11) is 0. The van der Waals surface area contributed by atoms with Gasteiger partial charge in [-0.1, -0.05) is 12.8 Å². The van der Waals surface area contributed by atoms with Gasteiger partial charge in [0, 0.05) is 13.1 Å². The highest BCUT2D eigenvalue weighted by Crippen LogP contribution is 2.23. The molecule has 1 heterocycles. The first-order valence-electron chi connectivity index (χ1n) is 7.10. The zero-order valence-corrected chi connectivity index (χ0v) is 12.1. The van der Waals surface area contributed by atoms with Crippen molar-refractivity contribution in [2.45, 2.75) is 58.5 Å². The molecule has 106 valence electrons. The molecule has 1 saturated heterocycles. The van der Waals surface area contributed by atoms with Crippen LogP contribution in [0.1, 0.15) is 52.9 Å². The van der Waals surface area contributed by atoms with Gasteiger partial charge in [0.2, 0.25) is 0 Å². The van der Waals surface area contributed by atoms with Crippen molar-refractivity contribution in [2.24, 2.45) is 11.7 Å². The Balaban J connectivity index is 2.24. The molecule has 0 radical (unpaired) electrons. The fourth-order valence-corrected chi connectivity index (χ4v) is 2.31. The number of amides is 1. The highest BCUT2D eigenvalue weighted by atomic mass is 16.6. The van der Waals surface area contributed by atoms with E-state index in [4.69, 9.17) is 10.5 Å². The van der Waals surface area contributed by atoms with Crippen molar-refractivity contribution in [3.05, 3.63) is 0 Å². The van der Waals surface area contributed by atoms with E-state index < -0.39 is 5.60 Å². The summed E-state index contributed by atoms with van der Waals surface area (Å²) in [6.45, 7) is 8.18. The van der Waals surface area contributed by atoms with E-state index in [0.29, 0.717) is 0 Å². The molecule has 0 spiro atoms.